The molecule has 4 nitrogen and oxygen atoms in total. The van der Waals surface area contributed by atoms with Crippen molar-refractivity contribution >= 4 is 5.97 Å². The summed E-state index contributed by atoms with van der Waals surface area (Å²) in [5.74, 6) is 1.66. The Morgan fingerprint density at radius 2 is 2.04 bits per heavy atom. The fourth-order valence-electron chi connectivity index (χ4n) is 4.76. The normalized spacial score (nSPS) is 31.3. The molecule has 2 saturated carbocycles. The van der Waals surface area contributed by atoms with E-state index in [-0.39, 0.29) is 11.9 Å². The summed E-state index contributed by atoms with van der Waals surface area (Å²) in [6, 6.07) is 7.55. The molecule has 1 aromatic rings. The van der Waals surface area contributed by atoms with Crippen LogP contribution in [0.25, 0.3) is 0 Å². The van der Waals surface area contributed by atoms with Gasteiger partial charge in [-0.3, -0.25) is 4.79 Å². The fraction of sp³-hybridized carbons (Fsp3) is 0.682. The second-order valence-electron chi connectivity index (χ2n) is 9.60. The zero-order valence-corrected chi connectivity index (χ0v) is 16.8. The molecule has 2 bridgehead atoms. The number of nitrogens with zero attached hydrogens (tertiary/aromatic N) is 1. The molecule has 0 aromatic heterocycles. The van der Waals surface area contributed by atoms with Gasteiger partial charge in [-0.05, 0) is 83.7 Å². The second-order valence-corrected chi connectivity index (χ2v) is 9.60. The molecule has 0 amide bonds. The molecule has 1 aromatic carbocycles. The van der Waals surface area contributed by atoms with Crippen molar-refractivity contribution in [1.82, 2.24) is 4.90 Å². The predicted molar refractivity (Wildman–Crippen MR) is 103 cm³/mol. The van der Waals surface area contributed by atoms with E-state index < -0.39 is 11.0 Å². The van der Waals surface area contributed by atoms with Gasteiger partial charge in [0.1, 0.15) is 5.75 Å². The molecule has 4 atom stereocenters. The summed E-state index contributed by atoms with van der Waals surface area (Å²) in [5.41, 5.74) is -0.511. The van der Waals surface area contributed by atoms with Gasteiger partial charge >= 0.3 is 5.97 Å². The molecule has 0 aliphatic heterocycles. The lowest BCUT2D eigenvalue weighted by Gasteiger charge is -2.45. The molecule has 0 spiro atoms. The zero-order valence-electron chi connectivity index (χ0n) is 16.8. The average molecular weight is 360 g/mol. The predicted octanol–water partition coefficient (Wildman–Crippen LogP) is 3.82. The number of benzene rings is 1. The van der Waals surface area contributed by atoms with E-state index in [2.05, 4.69) is 19.0 Å². The molecular formula is C22H33NO3. The minimum atomic E-state index is -0.849. The molecule has 2 aliphatic carbocycles. The molecule has 144 valence electrons. The minimum Gasteiger partial charge on any atom is -0.426 e. The summed E-state index contributed by atoms with van der Waals surface area (Å²) in [6.45, 7) is 6.41. The van der Waals surface area contributed by atoms with E-state index in [1.54, 1.807) is 6.07 Å². The SMILES string of the molecule is CN(C)C[C@H]1C2CCC(C2)C[C@]1(O)c1cccc(OC(=O)C(C)(C)C)c1. The number of esters is 1. The Labute approximate surface area is 157 Å². The van der Waals surface area contributed by atoms with Crippen molar-refractivity contribution in [3.63, 3.8) is 0 Å². The Bertz CT molecular complexity index is 664. The summed E-state index contributed by atoms with van der Waals surface area (Å²) < 4.78 is 5.58. The Balaban J connectivity index is 1.90. The summed E-state index contributed by atoms with van der Waals surface area (Å²) in [6.07, 6.45) is 4.47. The molecule has 2 fully saturated rings. The van der Waals surface area contributed by atoms with Crippen molar-refractivity contribution in [3.8, 4) is 5.75 Å². The van der Waals surface area contributed by atoms with Crippen LogP contribution >= 0.6 is 0 Å². The molecule has 2 unspecified atom stereocenters. The van der Waals surface area contributed by atoms with E-state index in [1.165, 1.54) is 19.3 Å². The van der Waals surface area contributed by atoms with Crippen LogP contribution in [0.3, 0.4) is 0 Å². The molecular weight excluding hydrogens is 326 g/mol. The number of ether oxygens (including phenoxy) is 1. The largest absolute Gasteiger partial charge is 0.426 e. The summed E-state index contributed by atoms with van der Waals surface area (Å²) >= 11 is 0. The maximum absolute atomic E-state index is 12.2. The van der Waals surface area contributed by atoms with Crippen molar-refractivity contribution in [1.29, 1.82) is 0 Å². The molecule has 0 heterocycles. The van der Waals surface area contributed by atoms with Crippen LogP contribution in [-0.4, -0.2) is 36.6 Å². The van der Waals surface area contributed by atoms with Crippen molar-refractivity contribution in [2.75, 3.05) is 20.6 Å². The van der Waals surface area contributed by atoms with Gasteiger partial charge in [0.2, 0.25) is 0 Å². The summed E-state index contributed by atoms with van der Waals surface area (Å²) in [5, 5.41) is 11.8. The number of hydrogen-bond donors (Lipinski definition) is 1. The van der Waals surface area contributed by atoms with Crippen molar-refractivity contribution in [2.45, 2.75) is 52.1 Å². The highest BCUT2D eigenvalue weighted by Gasteiger charge is 2.51. The standard InChI is InChI=1S/C22H33NO3/c1-21(2,3)20(24)26-18-8-6-7-17(12-18)22(25)13-15-9-10-16(11-15)19(22)14-23(4)5/h6-8,12,15-16,19,25H,9-11,13-14H2,1-5H3/t15?,16?,19-,22-/m0/s1. The molecule has 26 heavy (non-hydrogen) atoms. The number of rotatable bonds is 4. The van der Waals surface area contributed by atoms with Gasteiger partial charge in [-0.1, -0.05) is 18.6 Å². The highest BCUT2D eigenvalue weighted by molar-refractivity contribution is 5.77. The van der Waals surface area contributed by atoms with Crippen molar-refractivity contribution < 1.29 is 14.6 Å². The van der Waals surface area contributed by atoms with Gasteiger partial charge in [0.05, 0.1) is 11.0 Å². The molecule has 3 rings (SSSR count). The van der Waals surface area contributed by atoms with Gasteiger partial charge < -0.3 is 14.7 Å². The van der Waals surface area contributed by atoms with E-state index in [0.717, 1.165) is 18.5 Å². The quantitative estimate of drug-likeness (QED) is 0.656. The van der Waals surface area contributed by atoms with E-state index in [4.69, 9.17) is 4.74 Å². The number of fused-ring (bicyclic) bond motifs is 2. The van der Waals surface area contributed by atoms with Crippen molar-refractivity contribution in [3.05, 3.63) is 29.8 Å². The van der Waals surface area contributed by atoms with Gasteiger partial charge in [-0.25, -0.2) is 0 Å². The molecule has 4 heteroatoms. The first-order valence-corrected chi connectivity index (χ1v) is 9.79. The Kier molecular flexibility index (Phi) is 5.19. The monoisotopic (exact) mass is 359 g/mol. The van der Waals surface area contributed by atoms with Crippen LogP contribution in [0.2, 0.25) is 0 Å². The Hall–Kier alpha value is -1.39. The van der Waals surface area contributed by atoms with Gasteiger partial charge in [0.25, 0.3) is 0 Å². The number of hydrogen-bond acceptors (Lipinski definition) is 4. The maximum Gasteiger partial charge on any atom is 0.316 e. The van der Waals surface area contributed by atoms with Crippen LogP contribution in [0.5, 0.6) is 5.75 Å². The van der Waals surface area contributed by atoms with Gasteiger partial charge in [-0.2, -0.15) is 0 Å². The third kappa shape index (κ3) is 3.81. The van der Waals surface area contributed by atoms with Gasteiger partial charge in [0, 0.05) is 12.5 Å². The maximum atomic E-state index is 12.2. The van der Waals surface area contributed by atoms with Gasteiger partial charge in [-0.15, -0.1) is 0 Å². The van der Waals surface area contributed by atoms with Crippen LogP contribution in [-0.2, 0) is 10.4 Å². The van der Waals surface area contributed by atoms with E-state index in [9.17, 15) is 9.90 Å². The lowest BCUT2D eigenvalue weighted by molar-refractivity contribution is -0.143. The van der Waals surface area contributed by atoms with Crippen LogP contribution in [0.1, 0.15) is 52.0 Å². The Morgan fingerprint density at radius 1 is 1.31 bits per heavy atom. The molecule has 0 radical (unpaired) electrons. The minimum absolute atomic E-state index is 0.213. The first-order chi connectivity index (χ1) is 12.1. The highest BCUT2D eigenvalue weighted by Crippen LogP contribution is 2.54. The van der Waals surface area contributed by atoms with Crippen LogP contribution in [0.15, 0.2) is 24.3 Å². The molecule has 1 N–H and O–H groups in total. The van der Waals surface area contributed by atoms with E-state index in [0.29, 0.717) is 17.6 Å². The zero-order chi connectivity index (χ0) is 19.1. The highest BCUT2D eigenvalue weighted by atomic mass is 16.5. The fourth-order valence-corrected chi connectivity index (χ4v) is 4.76. The smallest absolute Gasteiger partial charge is 0.316 e. The van der Waals surface area contributed by atoms with Gasteiger partial charge in [0.15, 0.2) is 0 Å². The summed E-state index contributed by atoms with van der Waals surface area (Å²) in [7, 11) is 4.14. The molecule has 0 saturated heterocycles. The lowest BCUT2D eigenvalue weighted by atomic mass is 9.66. The first kappa shape index (κ1) is 19.4. The van der Waals surface area contributed by atoms with Crippen LogP contribution in [0.4, 0.5) is 0 Å². The number of carbonyl (C=O) groups is 1. The second kappa shape index (κ2) is 6.97. The third-order valence-electron chi connectivity index (χ3n) is 6.08. The lowest BCUT2D eigenvalue weighted by Crippen LogP contribution is -2.47. The van der Waals surface area contributed by atoms with Crippen LogP contribution < -0.4 is 4.74 Å². The average Bonchev–Trinajstić information content (AvgIpc) is 2.94. The van der Waals surface area contributed by atoms with Crippen LogP contribution in [0, 0.1) is 23.2 Å². The van der Waals surface area contributed by atoms with E-state index >= 15 is 0 Å². The topological polar surface area (TPSA) is 49.8 Å². The van der Waals surface area contributed by atoms with E-state index in [1.807, 2.05) is 39.0 Å². The Morgan fingerprint density at radius 3 is 2.69 bits per heavy atom. The molecule has 2 aliphatic rings. The third-order valence-corrected chi connectivity index (χ3v) is 6.08. The first-order valence-electron chi connectivity index (χ1n) is 9.79. The van der Waals surface area contributed by atoms with Crippen molar-refractivity contribution in [2.24, 2.45) is 23.2 Å². The summed E-state index contributed by atoms with van der Waals surface area (Å²) in [4.78, 5) is 14.4. The number of aliphatic hydroxyl groups is 1. The number of carbonyl (C=O) groups excluding carboxylic acids is 1.